The molecular formula is C21H29Cl2N5O. The van der Waals surface area contributed by atoms with Gasteiger partial charge in [0.25, 0.3) is 0 Å². The Morgan fingerprint density at radius 3 is 2.31 bits per heavy atom. The fourth-order valence-corrected chi connectivity index (χ4v) is 4.10. The molecule has 3 heterocycles. The third-order valence-electron chi connectivity index (χ3n) is 5.75. The van der Waals surface area contributed by atoms with Gasteiger partial charge < -0.3 is 15.5 Å². The van der Waals surface area contributed by atoms with E-state index in [0.717, 1.165) is 56.1 Å². The molecule has 0 saturated carbocycles. The Morgan fingerprint density at radius 1 is 1.00 bits per heavy atom. The Hall–Kier alpha value is -1.89. The van der Waals surface area contributed by atoms with Crippen LogP contribution in [0.1, 0.15) is 48.9 Å². The predicted octanol–water partition coefficient (Wildman–Crippen LogP) is 3.33. The summed E-state index contributed by atoms with van der Waals surface area (Å²) in [7, 11) is 0. The van der Waals surface area contributed by atoms with Crippen molar-refractivity contribution < 1.29 is 4.79 Å². The molecule has 0 aliphatic carbocycles. The Bertz CT molecular complexity index is 778. The number of carbonyl (C=O) groups excluding carboxylic acids is 1. The first kappa shape index (κ1) is 23.4. The van der Waals surface area contributed by atoms with Crippen molar-refractivity contribution in [2.45, 2.75) is 37.6 Å². The molecule has 2 aliphatic rings. The molecule has 6 nitrogen and oxygen atoms in total. The fraction of sp³-hybridized carbons (Fsp3) is 0.476. The Labute approximate surface area is 184 Å². The first-order valence-corrected chi connectivity index (χ1v) is 9.88. The zero-order valence-corrected chi connectivity index (χ0v) is 18.1. The van der Waals surface area contributed by atoms with Gasteiger partial charge in [-0.2, -0.15) is 0 Å². The van der Waals surface area contributed by atoms with Crippen LogP contribution >= 0.6 is 24.8 Å². The zero-order valence-electron chi connectivity index (χ0n) is 16.4. The lowest BCUT2D eigenvalue weighted by Crippen LogP contribution is -2.43. The van der Waals surface area contributed by atoms with Crippen molar-refractivity contribution in [3.63, 3.8) is 0 Å². The number of nitrogens with two attached hydrogens (primary N) is 1. The summed E-state index contributed by atoms with van der Waals surface area (Å²) >= 11 is 0. The number of likely N-dealkylation sites (tertiary alicyclic amines) is 1. The quantitative estimate of drug-likeness (QED) is 0.793. The molecule has 2 N–H and O–H groups in total. The minimum absolute atomic E-state index is 0. The van der Waals surface area contributed by atoms with E-state index in [-0.39, 0.29) is 30.7 Å². The molecule has 0 radical (unpaired) electrons. The summed E-state index contributed by atoms with van der Waals surface area (Å²) < 4.78 is 0. The Morgan fingerprint density at radius 2 is 1.66 bits per heavy atom. The van der Waals surface area contributed by atoms with Crippen molar-refractivity contribution in [1.29, 1.82) is 0 Å². The van der Waals surface area contributed by atoms with Gasteiger partial charge in [0.1, 0.15) is 18.2 Å². The van der Waals surface area contributed by atoms with Crippen molar-refractivity contribution in [3.8, 4) is 0 Å². The maximum absolute atomic E-state index is 12.7. The van der Waals surface area contributed by atoms with Gasteiger partial charge in [-0.15, -0.1) is 24.8 Å². The largest absolute Gasteiger partial charge is 0.357 e. The molecule has 0 bridgehead atoms. The zero-order chi connectivity index (χ0) is 18.6. The number of nitrogens with zero attached hydrogens (tertiary/aromatic N) is 4. The number of hydrogen-bond acceptors (Lipinski definition) is 5. The Kier molecular flexibility index (Phi) is 8.68. The van der Waals surface area contributed by atoms with Crippen LogP contribution in [0.3, 0.4) is 0 Å². The topological polar surface area (TPSA) is 75.4 Å². The number of aromatic nitrogens is 2. The second kappa shape index (κ2) is 10.8. The third kappa shape index (κ3) is 5.38. The van der Waals surface area contributed by atoms with Crippen LogP contribution in [0.4, 0.5) is 5.82 Å². The SMILES string of the molecule is Cl.Cl.N[C@H](C(=O)N1CCC(c2cc(N3CCCC3)ncn2)CC1)c1ccccc1. The van der Waals surface area contributed by atoms with Crippen LogP contribution in [0.5, 0.6) is 0 Å². The van der Waals surface area contributed by atoms with Crippen LogP contribution in [0.15, 0.2) is 42.7 Å². The van der Waals surface area contributed by atoms with Gasteiger partial charge in [0.2, 0.25) is 5.91 Å². The number of halogens is 2. The van der Waals surface area contributed by atoms with E-state index in [0.29, 0.717) is 5.92 Å². The normalized spacial score (nSPS) is 18.0. The molecule has 1 aromatic carbocycles. The molecule has 8 heteroatoms. The molecule has 1 atom stereocenters. The van der Waals surface area contributed by atoms with Gasteiger partial charge in [-0.3, -0.25) is 4.79 Å². The average molecular weight is 438 g/mol. The van der Waals surface area contributed by atoms with Gasteiger partial charge >= 0.3 is 0 Å². The maximum atomic E-state index is 12.7. The van der Waals surface area contributed by atoms with Gasteiger partial charge in [-0.05, 0) is 31.2 Å². The molecule has 0 unspecified atom stereocenters. The molecule has 1 aromatic heterocycles. The van der Waals surface area contributed by atoms with Gasteiger partial charge in [-0.1, -0.05) is 30.3 Å². The van der Waals surface area contributed by atoms with Crippen LogP contribution in [-0.2, 0) is 4.79 Å². The Balaban J connectivity index is 0.00000150. The van der Waals surface area contributed by atoms with Gasteiger partial charge in [-0.25, -0.2) is 9.97 Å². The molecule has 2 saturated heterocycles. The monoisotopic (exact) mass is 437 g/mol. The molecule has 29 heavy (non-hydrogen) atoms. The van der Waals surface area contributed by atoms with Gasteiger partial charge in [0, 0.05) is 43.9 Å². The highest BCUT2D eigenvalue weighted by atomic mass is 35.5. The van der Waals surface area contributed by atoms with Crippen molar-refractivity contribution in [2.75, 3.05) is 31.1 Å². The molecule has 0 spiro atoms. The lowest BCUT2D eigenvalue weighted by Gasteiger charge is -2.33. The highest BCUT2D eigenvalue weighted by Crippen LogP contribution is 2.29. The predicted molar refractivity (Wildman–Crippen MR) is 120 cm³/mol. The number of carbonyl (C=O) groups is 1. The standard InChI is InChI=1S/C21H27N5O.2ClH/c22-20(17-6-2-1-3-7-17)21(27)26-12-8-16(9-13-26)18-14-19(24-15-23-18)25-10-4-5-11-25;;/h1-3,6-7,14-16,20H,4-5,8-13,22H2;2*1H/t20-;;/m0../s1. The number of amides is 1. The van der Waals surface area contributed by atoms with E-state index >= 15 is 0 Å². The molecule has 4 rings (SSSR count). The molecule has 2 fully saturated rings. The van der Waals surface area contributed by atoms with Crippen molar-refractivity contribution in [1.82, 2.24) is 14.9 Å². The van der Waals surface area contributed by atoms with E-state index in [4.69, 9.17) is 5.73 Å². The lowest BCUT2D eigenvalue weighted by atomic mass is 9.92. The summed E-state index contributed by atoms with van der Waals surface area (Å²) in [6.45, 7) is 3.63. The van der Waals surface area contributed by atoms with Gasteiger partial charge in [0.15, 0.2) is 0 Å². The van der Waals surface area contributed by atoms with Crippen molar-refractivity contribution >= 4 is 36.5 Å². The van der Waals surface area contributed by atoms with E-state index in [2.05, 4.69) is 20.9 Å². The van der Waals surface area contributed by atoms with E-state index in [9.17, 15) is 4.79 Å². The molecule has 158 valence electrons. The fourth-order valence-electron chi connectivity index (χ4n) is 4.10. The average Bonchev–Trinajstić information content (AvgIpc) is 3.29. The number of rotatable bonds is 4. The minimum atomic E-state index is -0.580. The second-order valence-corrected chi connectivity index (χ2v) is 7.48. The number of anilines is 1. The highest BCUT2D eigenvalue weighted by molar-refractivity contribution is 5.85. The maximum Gasteiger partial charge on any atom is 0.244 e. The minimum Gasteiger partial charge on any atom is -0.357 e. The summed E-state index contributed by atoms with van der Waals surface area (Å²) in [6, 6.07) is 11.2. The number of piperidine rings is 1. The molecule has 1 amide bonds. The highest BCUT2D eigenvalue weighted by Gasteiger charge is 2.28. The summed E-state index contributed by atoms with van der Waals surface area (Å²) in [5, 5.41) is 0. The summed E-state index contributed by atoms with van der Waals surface area (Å²) in [4.78, 5) is 25.9. The van der Waals surface area contributed by atoms with E-state index in [1.54, 1.807) is 6.33 Å². The van der Waals surface area contributed by atoms with Crippen LogP contribution < -0.4 is 10.6 Å². The van der Waals surface area contributed by atoms with E-state index in [1.165, 1.54) is 12.8 Å². The van der Waals surface area contributed by atoms with E-state index in [1.807, 2.05) is 35.2 Å². The van der Waals surface area contributed by atoms with Crippen LogP contribution in [0, 0.1) is 0 Å². The second-order valence-electron chi connectivity index (χ2n) is 7.48. The lowest BCUT2D eigenvalue weighted by molar-refractivity contribution is -0.133. The first-order chi connectivity index (χ1) is 13.2. The summed E-state index contributed by atoms with van der Waals surface area (Å²) in [5.41, 5.74) is 8.16. The first-order valence-electron chi connectivity index (χ1n) is 9.88. The van der Waals surface area contributed by atoms with Crippen molar-refractivity contribution in [2.24, 2.45) is 5.73 Å². The summed E-state index contributed by atoms with van der Waals surface area (Å²) in [5.74, 6) is 1.44. The smallest absolute Gasteiger partial charge is 0.244 e. The molecule has 2 aromatic rings. The number of hydrogen-bond donors (Lipinski definition) is 1. The van der Waals surface area contributed by atoms with Crippen LogP contribution in [0.2, 0.25) is 0 Å². The van der Waals surface area contributed by atoms with Crippen LogP contribution in [-0.4, -0.2) is 47.0 Å². The van der Waals surface area contributed by atoms with Crippen LogP contribution in [0.25, 0.3) is 0 Å². The third-order valence-corrected chi connectivity index (χ3v) is 5.75. The molecule has 2 aliphatic heterocycles. The van der Waals surface area contributed by atoms with E-state index < -0.39 is 6.04 Å². The molecular weight excluding hydrogens is 409 g/mol. The summed E-state index contributed by atoms with van der Waals surface area (Å²) in [6.07, 6.45) is 6.00. The van der Waals surface area contributed by atoms with Gasteiger partial charge in [0.05, 0.1) is 0 Å². The van der Waals surface area contributed by atoms with Crippen molar-refractivity contribution in [3.05, 3.63) is 54.0 Å². The number of benzene rings is 1.